The van der Waals surface area contributed by atoms with Crippen LogP contribution in [0.1, 0.15) is 12.5 Å². The highest BCUT2D eigenvalue weighted by Crippen LogP contribution is 2.27. The summed E-state index contributed by atoms with van der Waals surface area (Å²) >= 11 is 5.90. The van der Waals surface area contributed by atoms with Gasteiger partial charge in [-0.3, -0.25) is 0 Å². The Morgan fingerprint density at radius 2 is 1.69 bits per heavy atom. The summed E-state index contributed by atoms with van der Waals surface area (Å²) in [6.07, 6.45) is 1.47. The molecule has 0 spiro atoms. The van der Waals surface area contributed by atoms with Crippen LogP contribution in [0.4, 0.5) is 23.0 Å². The first-order chi connectivity index (χ1) is 12.7. The number of nitrogens with zero attached hydrogens (tertiary/aromatic N) is 2. The van der Waals surface area contributed by atoms with E-state index in [0.717, 1.165) is 17.0 Å². The van der Waals surface area contributed by atoms with Gasteiger partial charge in [0.25, 0.3) is 0 Å². The van der Waals surface area contributed by atoms with E-state index in [1.54, 1.807) is 0 Å². The van der Waals surface area contributed by atoms with Crippen molar-refractivity contribution in [2.45, 2.75) is 13.5 Å². The minimum atomic E-state index is 0.454. The number of aromatic nitrogens is 2. The normalized spacial score (nSPS) is 10.4. The zero-order valence-electron chi connectivity index (χ0n) is 14.4. The fourth-order valence-corrected chi connectivity index (χ4v) is 2.49. The van der Waals surface area contributed by atoms with Gasteiger partial charge < -0.3 is 21.1 Å². The summed E-state index contributed by atoms with van der Waals surface area (Å²) in [7, 11) is 0. The number of halogens is 1. The molecule has 0 atom stereocenters. The Morgan fingerprint density at radius 3 is 2.38 bits per heavy atom. The lowest BCUT2D eigenvalue weighted by Gasteiger charge is -2.13. The Kier molecular flexibility index (Phi) is 5.76. The smallest absolute Gasteiger partial charge is 0.159 e. The minimum absolute atomic E-state index is 0.454. The van der Waals surface area contributed by atoms with Gasteiger partial charge >= 0.3 is 0 Å². The number of anilines is 4. The number of ether oxygens (including phenoxy) is 1. The zero-order chi connectivity index (χ0) is 18.4. The fraction of sp³-hybridized carbons (Fsp3) is 0.158. The standard InChI is InChI=1S/C19H20ClN5O/c1-2-26-16-9-7-15(8-10-16)25-19-17(21)18(23-12-24-19)22-11-13-3-5-14(20)6-4-13/h3-10,12H,2,11,21H2,1H3,(H2,22,23,24,25). The largest absolute Gasteiger partial charge is 0.494 e. The maximum absolute atomic E-state index is 6.20. The molecule has 3 rings (SSSR count). The molecule has 1 heterocycles. The topological polar surface area (TPSA) is 85.1 Å². The van der Waals surface area contributed by atoms with Gasteiger partial charge in [-0.1, -0.05) is 23.7 Å². The number of hydrogen-bond acceptors (Lipinski definition) is 6. The Morgan fingerprint density at radius 1 is 1.00 bits per heavy atom. The molecule has 0 aliphatic carbocycles. The number of nitrogens with one attached hydrogen (secondary N) is 2. The van der Waals surface area contributed by atoms with Crippen molar-refractivity contribution in [2.75, 3.05) is 23.0 Å². The Balaban J connectivity index is 1.69. The Bertz CT molecular complexity index is 853. The summed E-state index contributed by atoms with van der Waals surface area (Å²) in [6.45, 7) is 3.17. The summed E-state index contributed by atoms with van der Waals surface area (Å²) in [4.78, 5) is 8.44. The molecule has 0 amide bonds. The van der Waals surface area contributed by atoms with Gasteiger partial charge in [0, 0.05) is 17.3 Å². The second kappa shape index (κ2) is 8.40. The maximum Gasteiger partial charge on any atom is 0.159 e. The third-order valence-electron chi connectivity index (χ3n) is 3.69. The first-order valence-electron chi connectivity index (χ1n) is 8.24. The molecule has 1 aromatic heterocycles. The Hall–Kier alpha value is -2.99. The summed E-state index contributed by atoms with van der Waals surface area (Å²) < 4.78 is 5.44. The summed E-state index contributed by atoms with van der Waals surface area (Å²) in [5, 5.41) is 7.13. The van der Waals surface area contributed by atoms with Crippen LogP contribution in [-0.4, -0.2) is 16.6 Å². The molecule has 0 bridgehead atoms. The monoisotopic (exact) mass is 369 g/mol. The second-order valence-electron chi connectivity index (χ2n) is 5.55. The minimum Gasteiger partial charge on any atom is -0.494 e. The predicted molar refractivity (Wildman–Crippen MR) is 106 cm³/mol. The number of hydrogen-bond donors (Lipinski definition) is 3. The van der Waals surface area contributed by atoms with Gasteiger partial charge in [-0.15, -0.1) is 0 Å². The molecule has 2 aromatic carbocycles. The lowest BCUT2D eigenvalue weighted by Crippen LogP contribution is -2.08. The van der Waals surface area contributed by atoms with Crippen molar-refractivity contribution >= 4 is 34.6 Å². The summed E-state index contributed by atoms with van der Waals surface area (Å²) in [5.41, 5.74) is 8.60. The van der Waals surface area contributed by atoms with E-state index in [0.29, 0.717) is 35.5 Å². The van der Waals surface area contributed by atoms with Gasteiger partial charge in [0.2, 0.25) is 0 Å². The van der Waals surface area contributed by atoms with Gasteiger partial charge in [0.1, 0.15) is 17.8 Å². The van der Waals surface area contributed by atoms with Crippen LogP contribution in [-0.2, 0) is 6.54 Å². The summed E-state index contributed by atoms with van der Waals surface area (Å²) in [6, 6.07) is 15.2. The average molecular weight is 370 g/mol. The van der Waals surface area contributed by atoms with Gasteiger partial charge in [-0.05, 0) is 48.9 Å². The van der Waals surface area contributed by atoms with Crippen LogP contribution in [0.25, 0.3) is 0 Å². The number of rotatable bonds is 7. The quantitative estimate of drug-likeness (QED) is 0.570. The Labute approximate surface area is 157 Å². The SMILES string of the molecule is CCOc1ccc(Nc2ncnc(NCc3ccc(Cl)cc3)c2N)cc1. The van der Waals surface area contributed by atoms with Crippen molar-refractivity contribution in [3.05, 3.63) is 65.4 Å². The highest BCUT2D eigenvalue weighted by atomic mass is 35.5. The third kappa shape index (κ3) is 4.55. The van der Waals surface area contributed by atoms with E-state index in [1.165, 1.54) is 6.33 Å². The molecule has 4 N–H and O–H groups in total. The molecule has 0 aliphatic rings. The molecule has 26 heavy (non-hydrogen) atoms. The van der Waals surface area contributed by atoms with Crippen molar-refractivity contribution < 1.29 is 4.74 Å². The van der Waals surface area contributed by atoms with E-state index in [2.05, 4.69) is 20.6 Å². The van der Waals surface area contributed by atoms with Crippen molar-refractivity contribution in [1.82, 2.24) is 9.97 Å². The zero-order valence-corrected chi connectivity index (χ0v) is 15.1. The third-order valence-corrected chi connectivity index (χ3v) is 3.94. The average Bonchev–Trinajstić information content (AvgIpc) is 2.65. The highest BCUT2D eigenvalue weighted by Gasteiger charge is 2.08. The van der Waals surface area contributed by atoms with Crippen molar-refractivity contribution in [3.63, 3.8) is 0 Å². The number of nitrogen functional groups attached to an aromatic ring is 1. The van der Waals surface area contributed by atoms with E-state index < -0.39 is 0 Å². The number of nitrogens with two attached hydrogens (primary N) is 1. The molecule has 6 nitrogen and oxygen atoms in total. The second-order valence-corrected chi connectivity index (χ2v) is 5.98. The van der Waals surface area contributed by atoms with Crippen LogP contribution in [0.2, 0.25) is 5.02 Å². The molecule has 3 aromatic rings. The molecule has 0 saturated heterocycles. The molecule has 0 fully saturated rings. The van der Waals surface area contributed by atoms with E-state index in [4.69, 9.17) is 22.1 Å². The van der Waals surface area contributed by atoms with Gasteiger partial charge in [0.05, 0.1) is 6.61 Å². The maximum atomic E-state index is 6.20. The van der Waals surface area contributed by atoms with Crippen LogP contribution < -0.4 is 21.1 Å². The molecule has 0 radical (unpaired) electrons. The van der Waals surface area contributed by atoms with Crippen molar-refractivity contribution in [3.8, 4) is 5.75 Å². The van der Waals surface area contributed by atoms with Gasteiger partial charge in [-0.25, -0.2) is 9.97 Å². The van der Waals surface area contributed by atoms with E-state index >= 15 is 0 Å². The van der Waals surface area contributed by atoms with Crippen molar-refractivity contribution in [1.29, 1.82) is 0 Å². The molecule has 0 unspecified atom stereocenters. The molecule has 7 heteroatoms. The molecular formula is C19H20ClN5O. The fourth-order valence-electron chi connectivity index (χ4n) is 2.36. The van der Waals surface area contributed by atoms with E-state index in [1.807, 2.05) is 55.5 Å². The first kappa shape index (κ1) is 17.8. The molecule has 0 saturated carbocycles. The van der Waals surface area contributed by atoms with E-state index in [9.17, 15) is 0 Å². The molecular weight excluding hydrogens is 350 g/mol. The van der Waals surface area contributed by atoms with Crippen LogP contribution in [0.3, 0.4) is 0 Å². The van der Waals surface area contributed by atoms with Crippen LogP contribution in [0.5, 0.6) is 5.75 Å². The molecule has 0 aliphatic heterocycles. The van der Waals surface area contributed by atoms with E-state index in [-0.39, 0.29) is 0 Å². The predicted octanol–water partition coefficient (Wildman–Crippen LogP) is 4.47. The lowest BCUT2D eigenvalue weighted by molar-refractivity contribution is 0.340. The van der Waals surface area contributed by atoms with Crippen molar-refractivity contribution in [2.24, 2.45) is 0 Å². The van der Waals surface area contributed by atoms with Gasteiger partial charge in [-0.2, -0.15) is 0 Å². The highest BCUT2D eigenvalue weighted by molar-refractivity contribution is 6.30. The lowest BCUT2D eigenvalue weighted by atomic mass is 10.2. The van der Waals surface area contributed by atoms with Crippen LogP contribution in [0.15, 0.2) is 54.9 Å². The number of benzene rings is 2. The van der Waals surface area contributed by atoms with Crippen LogP contribution in [0, 0.1) is 0 Å². The summed E-state index contributed by atoms with van der Waals surface area (Å²) in [5.74, 6) is 1.94. The molecule has 134 valence electrons. The van der Waals surface area contributed by atoms with Gasteiger partial charge in [0.15, 0.2) is 11.6 Å². The first-order valence-corrected chi connectivity index (χ1v) is 8.62. The van der Waals surface area contributed by atoms with Crippen LogP contribution >= 0.6 is 11.6 Å².